The second kappa shape index (κ2) is 7.90. The van der Waals surface area contributed by atoms with Crippen LogP contribution in [0.25, 0.3) is 0 Å². The molecular weight excluding hydrogens is 330 g/mol. The lowest BCUT2D eigenvalue weighted by molar-refractivity contribution is -0.384. The molecule has 0 heterocycles. The van der Waals surface area contributed by atoms with E-state index in [1.54, 1.807) is 0 Å². The number of nitro benzene ring substituents is 1. The van der Waals surface area contributed by atoms with Crippen molar-refractivity contribution >= 4 is 23.2 Å². The maximum atomic E-state index is 12.2. The van der Waals surface area contributed by atoms with E-state index in [1.807, 2.05) is 38.4 Å². The maximum absolute atomic E-state index is 12.2. The van der Waals surface area contributed by atoms with Crippen LogP contribution in [0.5, 0.6) is 0 Å². The molecule has 2 rings (SSSR count). The number of nitrogens with zero attached hydrogens (tertiary/aromatic N) is 2. The molecular formula is C17H18ClN3O3. The van der Waals surface area contributed by atoms with Crippen LogP contribution in [0.4, 0.5) is 5.69 Å². The summed E-state index contributed by atoms with van der Waals surface area (Å²) in [4.78, 5) is 24.5. The van der Waals surface area contributed by atoms with E-state index in [9.17, 15) is 14.9 Å². The molecule has 126 valence electrons. The van der Waals surface area contributed by atoms with Gasteiger partial charge in [0, 0.05) is 25.2 Å². The fraction of sp³-hybridized carbons (Fsp3) is 0.235. The number of carbonyl (C=O) groups excluding carboxylic acids is 1. The molecule has 0 atom stereocenters. The van der Waals surface area contributed by atoms with E-state index in [0.29, 0.717) is 6.54 Å². The van der Waals surface area contributed by atoms with Crippen LogP contribution < -0.4 is 5.32 Å². The molecule has 1 amide bonds. The van der Waals surface area contributed by atoms with Gasteiger partial charge in [0.1, 0.15) is 0 Å². The molecule has 0 aliphatic carbocycles. The predicted molar refractivity (Wildman–Crippen MR) is 93.1 cm³/mol. The zero-order chi connectivity index (χ0) is 17.7. The SMILES string of the molecule is CN(C)Cc1ccc(CNC(=O)c2cc([N+](=O)[O-])ccc2Cl)cc1. The second-order valence-corrected chi connectivity index (χ2v) is 6.07. The molecule has 2 aromatic carbocycles. The first kappa shape index (κ1) is 17.9. The Morgan fingerprint density at radius 3 is 2.38 bits per heavy atom. The third-order valence-corrected chi connectivity index (χ3v) is 3.71. The zero-order valence-corrected chi connectivity index (χ0v) is 14.2. The summed E-state index contributed by atoms with van der Waals surface area (Å²) in [6.45, 7) is 1.16. The van der Waals surface area contributed by atoms with Crippen LogP contribution in [-0.2, 0) is 13.1 Å². The normalized spacial score (nSPS) is 10.7. The van der Waals surface area contributed by atoms with E-state index in [0.717, 1.165) is 12.1 Å². The molecule has 2 aromatic rings. The van der Waals surface area contributed by atoms with Crippen molar-refractivity contribution in [1.29, 1.82) is 0 Å². The molecule has 0 saturated carbocycles. The van der Waals surface area contributed by atoms with Gasteiger partial charge in [0.05, 0.1) is 15.5 Å². The minimum atomic E-state index is -0.559. The van der Waals surface area contributed by atoms with Crippen LogP contribution in [0.2, 0.25) is 5.02 Å². The van der Waals surface area contributed by atoms with Gasteiger partial charge in [-0.05, 0) is 31.3 Å². The van der Waals surface area contributed by atoms with Crippen molar-refractivity contribution in [2.45, 2.75) is 13.1 Å². The minimum absolute atomic E-state index is 0.0927. The largest absolute Gasteiger partial charge is 0.348 e. The van der Waals surface area contributed by atoms with Gasteiger partial charge in [-0.25, -0.2) is 0 Å². The molecule has 0 aromatic heterocycles. The van der Waals surface area contributed by atoms with E-state index in [-0.39, 0.29) is 16.3 Å². The Morgan fingerprint density at radius 1 is 1.17 bits per heavy atom. The first-order chi connectivity index (χ1) is 11.4. The highest BCUT2D eigenvalue weighted by Gasteiger charge is 2.15. The first-order valence-electron chi connectivity index (χ1n) is 7.31. The molecule has 0 saturated heterocycles. The number of carbonyl (C=O) groups is 1. The molecule has 0 aliphatic rings. The molecule has 0 radical (unpaired) electrons. The summed E-state index contributed by atoms with van der Waals surface area (Å²) in [5, 5.41) is 13.7. The fourth-order valence-corrected chi connectivity index (χ4v) is 2.41. The molecule has 24 heavy (non-hydrogen) atoms. The van der Waals surface area contributed by atoms with Gasteiger partial charge < -0.3 is 10.2 Å². The van der Waals surface area contributed by atoms with Gasteiger partial charge in [0.25, 0.3) is 11.6 Å². The third-order valence-electron chi connectivity index (χ3n) is 3.38. The molecule has 0 spiro atoms. The summed E-state index contributed by atoms with van der Waals surface area (Å²) in [5.41, 5.74) is 2.04. The van der Waals surface area contributed by atoms with Crippen LogP contribution in [0.3, 0.4) is 0 Å². The number of halogens is 1. The number of hydrogen-bond donors (Lipinski definition) is 1. The zero-order valence-electron chi connectivity index (χ0n) is 13.5. The Bertz CT molecular complexity index is 745. The molecule has 0 fully saturated rings. The molecule has 6 nitrogen and oxygen atoms in total. The summed E-state index contributed by atoms with van der Waals surface area (Å²) < 4.78 is 0. The second-order valence-electron chi connectivity index (χ2n) is 5.66. The van der Waals surface area contributed by atoms with E-state index in [2.05, 4.69) is 10.2 Å². The smallest absolute Gasteiger partial charge is 0.270 e. The maximum Gasteiger partial charge on any atom is 0.270 e. The Hall–Kier alpha value is -2.44. The minimum Gasteiger partial charge on any atom is -0.348 e. The van der Waals surface area contributed by atoms with E-state index >= 15 is 0 Å². The lowest BCUT2D eigenvalue weighted by Gasteiger charge is -2.11. The van der Waals surface area contributed by atoms with Crippen molar-refractivity contribution < 1.29 is 9.72 Å². The number of nitrogens with one attached hydrogen (secondary N) is 1. The first-order valence-corrected chi connectivity index (χ1v) is 7.69. The van der Waals surface area contributed by atoms with Crippen molar-refractivity contribution in [3.63, 3.8) is 0 Å². The van der Waals surface area contributed by atoms with E-state index < -0.39 is 10.8 Å². The summed E-state index contributed by atoms with van der Waals surface area (Å²) in [6.07, 6.45) is 0. The van der Waals surface area contributed by atoms with Gasteiger partial charge in [-0.15, -0.1) is 0 Å². The predicted octanol–water partition coefficient (Wildman–Crippen LogP) is 3.24. The Balaban J connectivity index is 2.03. The molecule has 0 unspecified atom stereocenters. The van der Waals surface area contributed by atoms with Crippen molar-refractivity contribution in [1.82, 2.24) is 10.2 Å². The highest BCUT2D eigenvalue weighted by atomic mass is 35.5. The third kappa shape index (κ3) is 4.78. The standard InChI is InChI=1S/C17H18ClN3O3/c1-20(2)11-13-5-3-12(4-6-13)10-19-17(22)15-9-14(21(23)24)7-8-16(15)18/h3-9H,10-11H2,1-2H3,(H,19,22). The Morgan fingerprint density at radius 2 is 1.79 bits per heavy atom. The van der Waals surface area contributed by atoms with Gasteiger partial charge in [0.2, 0.25) is 0 Å². The number of hydrogen-bond acceptors (Lipinski definition) is 4. The molecule has 0 aliphatic heterocycles. The Labute approximate surface area is 145 Å². The van der Waals surface area contributed by atoms with Crippen LogP contribution >= 0.6 is 11.6 Å². The summed E-state index contributed by atoms with van der Waals surface area (Å²) in [7, 11) is 3.99. The van der Waals surface area contributed by atoms with Crippen LogP contribution in [-0.4, -0.2) is 29.8 Å². The lowest BCUT2D eigenvalue weighted by atomic mass is 10.1. The highest BCUT2D eigenvalue weighted by Crippen LogP contribution is 2.22. The Kier molecular flexibility index (Phi) is 5.89. The number of amides is 1. The average molecular weight is 348 g/mol. The lowest BCUT2D eigenvalue weighted by Crippen LogP contribution is -2.23. The van der Waals surface area contributed by atoms with Gasteiger partial charge in [-0.2, -0.15) is 0 Å². The quantitative estimate of drug-likeness (QED) is 0.643. The van der Waals surface area contributed by atoms with E-state index in [4.69, 9.17) is 11.6 Å². The van der Waals surface area contributed by atoms with Gasteiger partial charge in [-0.1, -0.05) is 35.9 Å². The topological polar surface area (TPSA) is 75.5 Å². The highest BCUT2D eigenvalue weighted by molar-refractivity contribution is 6.33. The van der Waals surface area contributed by atoms with Gasteiger partial charge in [0.15, 0.2) is 0 Å². The van der Waals surface area contributed by atoms with Crippen molar-refractivity contribution in [2.24, 2.45) is 0 Å². The van der Waals surface area contributed by atoms with Crippen LogP contribution in [0.15, 0.2) is 42.5 Å². The van der Waals surface area contributed by atoms with Crippen LogP contribution in [0.1, 0.15) is 21.5 Å². The van der Waals surface area contributed by atoms with Gasteiger partial charge >= 0.3 is 0 Å². The molecule has 1 N–H and O–H groups in total. The van der Waals surface area contributed by atoms with Crippen LogP contribution in [0, 0.1) is 10.1 Å². The molecule has 0 bridgehead atoms. The summed E-state index contributed by atoms with van der Waals surface area (Å²) in [5.74, 6) is -0.443. The summed E-state index contributed by atoms with van der Waals surface area (Å²) in [6, 6.07) is 11.7. The average Bonchev–Trinajstić information content (AvgIpc) is 2.53. The summed E-state index contributed by atoms with van der Waals surface area (Å²) >= 11 is 5.96. The van der Waals surface area contributed by atoms with Crippen molar-refractivity contribution in [2.75, 3.05) is 14.1 Å². The fourth-order valence-electron chi connectivity index (χ4n) is 2.21. The van der Waals surface area contributed by atoms with Gasteiger partial charge in [-0.3, -0.25) is 14.9 Å². The monoisotopic (exact) mass is 347 g/mol. The molecule has 7 heteroatoms. The van der Waals surface area contributed by atoms with Crippen molar-refractivity contribution in [3.8, 4) is 0 Å². The number of nitro groups is 1. The number of non-ortho nitro benzene ring substituents is 1. The number of benzene rings is 2. The van der Waals surface area contributed by atoms with Crippen molar-refractivity contribution in [3.05, 3.63) is 74.3 Å². The van der Waals surface area contributed by atoms with E-state index in [1.165, 1.54) is 23.8 Å². The number of rotatable bonds is 6.